The largest absolute Gasteiger partial charge is 0.492 e. The van der Waals surface area contributed by atoms with E-state index >= 15 is 0 Å². The molecule has 0 aromatic carbocycles. The number of halogens is 3. The predicted octanol–water partition coefficient (Wildman–Crippen LogP) is 0.110. The zero-order valence-electron chi connectivity index (χ0n) is 8.17. The summed E-state index contributed by atoms with van der Waals surface area (Å²) in [6, 6.07) is -0.855. The molecule has 2 amide bonds. The molecule has 0 saturated carbocycles. The molecule has 0 spiro atoms. The van der Waals surface area contributed by atoms with Crippen LogP contribution >= 0.6 is 0 Å². The molecule has 1 aliphatic heterocycles. The van der Waals surface area contributed by atoms with Gasteiger partial charge >= 0.3 is 6.98 Å². The Labute approximate surface area is 84.9 Å². The van der Waals surface area contributed by atoms with Gasteiger partial charge in [-0.3, -0.25) is 14.9 Å². The van der Waals surface area contributed by atoms with Gasteiger partial charge in [-0.1, -0.05) is 6.92 Å². The molecule has 1 N–H and O–H groups in total. The van der Waals surface area contributed by atoms with Crippen LogP contribution in [0.3, 0.4) is 0 Å². The lowest BCUT2D eigenvalue weighted by atomic mass is 9.89. The number of piperazine rings is 1. The normalized spacial score (nSPS) is 24.1. The second-order valence-electron chi connectivity index (χ2n) is 3.48. The van der Waals surface area contributed by atoms with E-state index in [1.807, 2.05) is 5.32 Å². The minimum Gasteiger partial charge on any atom is -0.448 e. The molecule has 8 heteroatoms. The Hall–Kier alpha value is -1.05. The van der Waals surface area contributed by atoms with Crippen molar-refractivity contribution in [3.8, 4) is 0 Å². The number of hydrogen-bond acceptors (Lipinski definition) is 3. The van der Waals surface area contributed by atoms with E-state index in [0.29, 0.717) is 0 Å². The van der Waals surface area contributed by atoms with Gasteiger partial charge in [0.2, 0.25) is 11.8 Å². The zero-order valence-corrected chi connectivity index (χ0v) is 8.17. The molecule has 1 rings (SSSR count). The lowest BCUT2D eigenvalue weighted by Crippen LogP contribution is -2.60. The highest BCUT2D eigenvalue weighted by molar-refractivity contribution is 6.58. The zero-order chi connectivity index (χ0) is 11.6. The molecular formula is C7H11BF3N2O2-. The third-order valence-corrected chi connectivity index (χ3v) is 2.18. The molecule has 1 aliphatic rings. The van der Waals surface area contributed by atoms with E-state index in [4.69, 9.17) is 0 Å². The Morgan fingerprint density at radius 3 is 2.53 bits per heavy atom. The van der Waals surface area contributed by atoms with Crippen molar-refractivity contribution in [2.45, 2.75) is 19.4 Å². The summed E-state index contributed by atoms with van der Waals surface area (Å²) in [6.45, 7) is -3.78. The molecule has 0 aromatic heterocycles. The Kier molecular flexibility index (Phi) is 3.38. The summed E-state index contributed by atoms with van der Waals surface area (Å²) in [4.78, 5) is 23.0. The molecule has 15 heavy (non-hydrogen) atoms. The molecule has 1 heterocycles. The van der Waals surface area contributed by atoms with Crippen LogP contribution in [-0.4, -0.2) is 42.7 Å². The number of nitrogens with one attached hydrogen (secondary N) is 1. The van der Waals surface area contributed by atoms with Crippen molar-refractivity contribution in [3.05, 3.63) is 0 Å². The van der Waals surface area contributed by atoms with E-state index in [0.717, 1.165) is 4.90 Å². The van der Waals surface area contributed by atoms with Gasteiger partial charge in [0.1, 0.15) is 0 Å². The Bertz CT molecular complexity index is 282. The van der Waals surface area contributed by atoms with Crippen molar-refractivity contribution in [3.63, 3.8) is 0 Å². The van der Waals surface area contributed by atoms with E-state index < -0.39 is 31.3 Å². The van der Waals surface area contributed by atoms with Crippen LogP contribution in [0.5, 0.6) is 0 Å². The summed E-state index contributed by atoms with van der Waals surface area (Å²) in [7, 11) is 0. The number of hydrogen-bond donors (Lipinski definition) is 1. The minimum absolute atomic E-state index is 0.255. The number of carbonyl (C=O) groups excluding carboxylic acids is 2. The van der Waals surface area contributed by atoms with Gasteiger partial charge in [-0.05, 0) is 12.9 Å². The summed E-state index contributed by atoms with van der Waals surface area (Å²) in [5.74, 6) is -1.32. The SMILES string of the molecule is CCC1C(=O)NC(=O)CN1C[B-](F)(F)F. The third-order valence-electron chi connectivity index (χ3n) is 2.18. The van der Waals surface area contributed by atoms with E-state index in [-0.39, 0.29) is 13.0 Å². The van der Waals surface area contributed by atoms with Crippen LogP contribution < -0.4 is 5.32 Å². The van der Waals surface area contributed by atoms with E-state index in [1.165, 1.54) is 0 Å². The van der Waals surface area contributed by atoms with Crippen molar-refractivity contribution < 1.29 is 22.5 Å². The van der Waals surface area contributed by atoms with Gasteiger partial charge in [0.25, 0.3) is 0 Å². The van der Waals surface area contributed by atoms with Crippen molar-refractivity contribution >= 4 is 18.8 Å². The fourth-order valence-corrected chi connectivity index (χ4v) is 1.62. The Morgan fingerprint density at radius 2 is 2.07 bits per heavy atom. The quantitative estimate of drug-likeness (QED) is 0.545. The fraction of sp³-hybridized carbons (Fsp3) is 0.714. The molecule has 1 atom stereocenters. The number of amides is 2. The molecule has 1 unspecified atom stereocenters. The fourth-order valence-electron chi connectivity index (χ4n) is 1.62. The first-order valence-corrected chi connectivity index (χ1v) is 4.62. The number of rotatable bonds is 3. The van der Waals surface area contributed by atoms with Gasteiger partial charge in [-0.2, -0.15) is 0 Å². The summed E-state index contributed by atoms with van der Waals surface area (Å²) in [5, 5.41) is 2.02. The minimum atomic E-state index is -5.01. The van der Waals surface area contributed by atoms with Crippen LogP contribution in [0.15, 0.2) is 0 Å². The number of nitrogens with zero attached hydrogens (tertiary/aromatic N) is 1. The maximum absolute atomic E-state index is 12.2. The molecule has 0 aliphatic carbocycles. The van der Waals surface area contributed by atoms with Crippen LogP contribution in [0.25, 0.3) is 0 Å². The summed E-state index contributed by atoms with van der Waals surface area (Å²) in [5.41, 5.74) is 0. The van der Waals surface area contributed by atoms with Gasteiger partial charge in [0.05, 0.1) is 12.6 Å². The van der Waals surface area contributed by atoms with E-state index in [1.54, 1.807) is 6.92 Å². The summed E-state index contributed by atoms with van der Waals surface area (Å²) < 4.78 is 36.5. The molecule has 4 nitrogen and oxygen atoms in total. The third kappa shape index (κ3) is 3.23. The average Bonchev–Trinajstić information content (AvgIpc) is 1.99. The molecule has 86 valence electrons. The summed E-state index contributed by atoms with van der Waals surface area (Å²) >= 11 is 0. The second kappa shape index (κ2) is 4.22. The van der Waals surface area contributed by atoms with E-state index in [9.17, 15) is 22.5 Å². The van der Waals surface area contributed by atoms with Crippen LogP contribution in [0, 0.1) is 0 Å². The molecule has 0 radical (unpaired) electrons. The lowest BCUT2D eigenvalue weighted by molar-refractivity contribution is -0.139. The van der Waals surface area contributed by atoms with Crippen molar-refractivity contribution in [1.82, 2.24) is 10.2 Å². The van der Waals surface area contributed by atoms with Crippen LogP contribution in [-0.2, 0) is 9.59 Å². The van der Waals surface area contributed by atoms with Crippen LogP contribution in [0.1, 0.15) is 13.3 Å². The van der Waals surface area contributed by atoms with E-state index in [2.05, 4.69) is 0 Å². The first-order chi connectivity index (χ1) is 6.83. The second-order valence-corrected chi connectivity index (χ2v) is 3.48. The van der Waals surface area contributed by atoms with Gasteiger partial charge in [-0.15, -0.1) is 0 Å². The summed E-state index contributed by atoms with van der Waals surface area (Å²) in [6.07, 6.45) is -0.914. The van der Waals surface area contributed by atoms with Crippen molar-refractivity contribution in [2.75, 3.05) is 13.0 Å². The smallest absolute Gasteiger partial charge is 0.448 e. The number of carbonyl (C=O) groups is 2. The van der Waals surface area contributed by atoms with Gasteiger partial charge < -0.3 is 17.8 Å². The van der Waals surface area contributed by atoms with Crippen molar-refractivity contribution in [1.29, 1.82) is 0 Å². The maximum atomic E-state index is 12.2. The first-order valence-electron chi connectivity index (χ1n) is 4.62. The topological polar surface area (TPSA) is 49.4 Å². The van der Waals surface area contributed by atoms with Crippen LogP contribution in [0.4, 0.5) is 12.9 Å². The predicted molar refractivity (Wildman–Crippen MR) is 47.9 cm³/mol. The monoisotopic (exact) mass is 223 g/mol. The van der Waals surface area contributed by atoms with Gasteiger partial charge in [0, 0.05) is 0 Å². The molecule has 1 saturated heterocycles. The molecule has 0 aromatic rings. The maximum Gasteiger partial charge on any atom is 0.492 e. The number of imide groups is 1. The Morgan fingerprint density at radius 1 is 1.47 bits per heavy atom. The molecule has 1 fully saturated rings. The highest BCUT2D eigenvalue weighted by atomic mass is 19.4. The lowest BCUT2D eigenvalue weighted by Gasteiger charge is -2.36. The first kappa shape index (κ1) is 12.0. The van der Waals surface area contributed by atoms with Gasteiger partial charge in [-0.25, -0.2) is 0 Å². The van der Waals surface area contributed by atoms with Gasteiger partial charge in [0.15, 0.2) is 0 Å². The van der Waals surface area contributed by atoms with Crippen molar-refractivity contribution in [2.24, 2.45) is 0 Å². The standard InChI is InChI=1S/C7H11BF3N2O2/c1-2-5-7(15)12-6(14)3-13(5)4-8(9,10)11/h5H,2-4H2,1H3,(H,12,14,15)/q-1. The molecular weight excluding hydrogens is 212 g/mol. The molecule has 0 bridgehead atoms. The highest BCUT2D eigenvalue weighted by Crippen LogP contribution is 2.16. The average molecular weight is 223 g/mol. The highest BCUT2D eigenvalue weighted by Gasteiger charge is 2.37. The Balaban J connectivity index is 2.74. The van der Waals surface area contributed by atoms with Crippen LogP contribution in [0.2, 0.25) is 0 Å².